The van der Waals surface area contributed by atoms with Crippen LogP contribution in [0.2, 0.25) is 0 Å². The molecule has 1 aliphatic heterocycles. The zero-order valence-electron chi connectivity index (χ0n) is 15.4. The molecule has 2 aromatic heterocycles. The molecular formula is C17H24N4O5. The molecule has 1 aliphatic rings. The summed E-state index contributed by atoms with van der Waals surface area (Å²) >= 11 is 0. The Morgan fingerprint density at radius 2 is 1.92 bits per heavy atom. The minimum atomic E-state index is -0.0963. The van der Waals surface area contributed by atoms with Crippen LogP contribution >= 0.6 is 0 Å². The van der Waals surface area contributed by atoms with Gasteiger partial charge in [-0.3, -0.25) is 0 Å². The summed E-state index contributed by atoms with van der Waals surface area (Å²) in [6, 6.07) is 1.52. The average molecular weight is 364 g/mol. The van der Waals surface area contributed by atoms with Gasteiger partial charge in [-0.1, -0.05) is 5.16 Å². The molecule has 3 heterocycles. The van der Waals surface area contributed by atoms with Gasteiger partial charge in [0.05, 0.1) is 51.3 Å². The van der Waals surface area contributed by atoms with Crippen LogP contribution in [0.3, 0.4) is 0 Å². The summed E-state index contributed by atoms with van der Waals surface area (Å²) in [5.41, 5.74) is 1.83. The molecule has 0 aliphatic carbocycles. The Hall–Kier alpha value is -2.39. The Labute approximate surface area is 152 Å². The van der Waals surface area contributed by atoms with E-state index in [2.05, 4.69) is 20.4 Å². The van der Waals surface area contributed by atoms with E-state index >= 15 is 0 Å². The minimum absolute atomic E-state index is 0.0572. The number of nitrogens with one attached hydrogen (secondary N) is 1. The lowest BCUT2D eigenvalue weighted by Crippen LogP contribution is -2.44. The standard InChI is InChI=1S/C17H24N4O5/c1-10-12(11(2)26-21-10)8-25-14-5-6-24-9-13(14)18-17-19-15(22-3)7-16(20-17)23-4/h7,13-14H,5-6,8-9H2,1-4H3,(H,18,19,20)/t13-,14+/m0/s1. The summed E-state index contributed by atoms with van der Waals surface area (Å²) in [4.78, 5) is 8.61. The van der Waals surface area contributed by atoms with Crippen LogP contribution in [-0.4, -0.2) is 54.7 Å². The molecule has 1 N–H and O–H groups in total. The molecule has 26 heavy (non-hydrogen) atoms. The van der Waals surface area contributed by atoms with Gasteiger partial charge < -0.3 is 28.8 Å². The predicted molar refractivity (Wildman–Crippen MR) is 92.5 cm³/mol. The summed E-state index contributed by atoms with van der Waals surface area (Å²) < 4.78 is 27.3. The lowest BCUT2D eigenvalue weighted by Gasteiger charge is -2.32. The number of anilines is 1. The molecule has 0 saturated carbocycles. The topological polar surface area (TPSA) is 101 Å². The highest BCUT2D eigenvalue weighted by molar-refractivity contribution is 5.35. The number of ether oxygens (including phenoxy) is 4. The van der Waals surface area contributed by atoms with Crippen LogP contribution in [0.4, 0.5) is 5.95 Å². The van der Waals surface area contributed by atoms with E-state index in [1.54, 1.807) is 20.3 Å². The lowest BCUT2D eigenvalue weighted by atomic mass is 10.1. The Bertz CT molecular complexity index is 694. The summed E-state index contributed by atoms with van der Waals surface area (Å²) in [5.74, 6) is 2.02. The smallest absolute Gasteiger partial charge is 0.229 e. The first-order valence-electron chi connectivity index (χ1n) is 8.45. The van der Waals surface area contributed by atoms with Crippen molar-refractivity contribution >= 4 is 5.95 Å². The third-order valence-corrected chi connectivity index (χ3v) is 4.33. The highest BCUT2D eigenvalue weighted by Crippen LogP contribution is 2.22. The molecule has 0 unspecified atom stereocenters. The third-order valence-electron chi connectivity index (χ3n) is 4.33. The number of hydrogen-bond acceptors (Lipinski definition) is 9. The number of aromatic nitrogens is 3. The maximum absolute atomic E-state index is 6.13. The van der Waals surface area contributed by atoms with E-state index in [-0.39, 0.29) is 12.1 Å². The first kappa shape index (κ1) is 18.4. The Kier molecular flexibility index (Phi) is 5.89. The van der Waals surface area contributed by atoms with Gasteiger partial charge in [0.15, 0.2) is 0 Å². The molecule has 0 radical (unpaired) electrons. The summed E-state index contributed by atoms with van der Waals surface area (Å²) in [6.07, 6.45) is 0.709. The number of nitrogens with zero attached hydrogens (tertiary/aromatic N) is 3. The molecule has 0 amide bonds. The Balaban J connectivity index is 1.69. The molecule has 9 nitrogen and oxygen atoms in total. The number of hydrogen-bond donors (Lipinski definition) is 1. The van der Waals surface area contributed by atoms with E-state index in [1.807, 2.05) is 13.8 Å². The van der Waals surface area contributed by atoms with E-state index in [9.17, 15) is 0 Å². The van der Waals surface area contributed by atoms with Crippen molar-refractivity contribution in [1.82, 2.24) is 15.1 Å². The maximum atomic E-state index is 6.13. The molecule has 0 bridgehead atoms. The van der Waals surface area contributed by atoms with E-state index in [0.29, 0.717) is 37.5 Å². The maximum Gasteiger partial charge on any atom is 0.229 e. The molecule has 2 aromatic rings. The van der Waals surface area contributed by atoms with Crippen molar-refractivity contribution in [1.29, 1.82) is 0 Å². The monoisotopic (exact) mass is 364 g/mol. The van der Waals surface area contributed by atoms with Gasteiger partial charge in [-0.15, -0.1) is 0 Å². The molecule has 0 aromatic carbocycles. The molecule has 1 saturated heterocycles. The van der Waals surface area contributed by atoms with Gasteiger partial charge >= 0.3 is 0 Å². The SMILES string of the molecule is COc1cc(OC)nc(N[C@H]2COCC[C@H]2OCc2c(C)noc2C)n1. The van der Waals surface area contributed by atoms with E-state index in [0.717, 1.165) is 23.4 Å². The van der Waals surface area contributed by atoms with Crippen molar-refractivity contribution in [3.63, 3.8) is 0 Å². The van der Waals surface area contributed by atoms with Crippen molar-refractivity contribution in [3.8, 4) is 11.8 Å². The zero-order valence-corrected chi connectivity index (χ0v) is 15.4. The van der Waals surface area contributed by atoms with Crippen molar-refractivity contribution < 1.29 is 23.5 Å². The number of methoxy groups -OCH3 is 2. The van der Waals surface area contributed by atoms with Crippen LogP contribution in [-0.2, 0) is 16.1 Å². The van der Waals surface area contributed by atoms with Crippen molar-refractivity contribution in [2.75, 3.05) is 32.8 Å². The second kappa shape index (κ2) is 8.33. The fourth-order valence-corrected chi connectivity index (χ4v) is 2.79. The van der Waals surface area contributed by atoms with Gasteiger partial charge in [-0.25, -0.2) is 0 Å². The fraction of sp³-hybridized carbons (Fsp3) is 0.588. The second-order valence-electron chi connectivity index (χ2n) is 6.04. The minimum Gasteiger partial charge on any atom is -0.481 e. The van der Waals surface area contributed by atoms with E-state index in [1.165, 1.54) is 0 Å². The first-order chi connectivity index (χ1) is 12.6. The van der Waals surface area contributed by atoms with Gasteiger partial charge in [0.25, 0.3) is 0 Å². The number of rotatable bonds is 7. The van der Waals surface area contributed by atoms with Gasteiger partial charge in [0, 0.05) is 12.2 Å². The summed E-state index contributed by atoms with van der Waals surface area (Å²) in [6.45, 7) is 5.37. The van der Waals surface area contributed by atoms with Gasteiger partial charge in [-0.2, -0.15) is 9.97 Å². The molecule has 2 atom stereocenters. The summed E-state index contributed by atoms with van der Waals surface area (Å²) in [7, 11) is 3.09. The molecule has 142 valence electrons. The largest absolute Gasteiger partial charge is 0.481 e. The van der Waals surface area contributed by atoms with E-state index < -0.39 is 0 Å². The summed E-state index contributed by atoms with van der Waals surface area (Å²) in [5, 5.41) is 7.23. The highest BCUT2D eigenvalue weighted by atomic mass is 16.5. The normalized spacial score (nSPS) is 20.0. The number of aryl methyl sites for hydroxylation is 2. The quantitative estimate of drug-likeness (QED) is 0.789. The van der Waals surface area contributed by atoms with Gasteiger partial charge in [0.2, 0.25) is 17.7 Å². The molecule has 1 fully saturated rings. The highest BCUT2D eigenvalue weighted by Gasteiger charge is 2.28. The fourth-order valence-electron chi connectivity index (χ4n) is 2.79. The van der Waals surface area contributed by atoms with Gasteiger partial charge in [0.1, 0.15) is 5.76 Å². The van der Waals surface area contributed by atoms with Crippen molar-refractivity contribution in [2.24, 2.45) is 0 Å². The van der Waals surface area contributed by atoms with Crippen molar-refractivity contribution in [3.05, 3.63) is 23.1 Å². The predicted octanol–water partition coefficient (Wildman–Crippen LogP) is 1.88. The Morgan fingerprint density at radius 3 is 2.54 bits per heavy atom. The van der Waals surface area contributed by atoms with Crippen LogP contribution in [0, 0.1) is 13.8 Å². The molecule has 3 rings (SSSR count). The van der Waals surface area contributed by atoms with Crippen LogP contribution in [0.15, 0.2) is 10.6 Å². The molecule has 0 spiro atoms. The first-order valence-corrected chi connectivity index (χ1v) is 8.45. The zero-order chi connectivity index (χ0) is 18.5. The lowest BCUT2D eigenvalue weighted by molar-refractivity contribution is -0.0483. The van der Waals surface area contributed by atoms with Crippen molar-refractivity contribution in [2.45, 2.75) is 39.0 Å². The molecule has 9 heteroatoms. The second-order valence-corrected chi connectivity index (χ2v) is 6.04. The average Bonchev–Trinajstić information content (AvgIpc) is 2.98. The van der Waals surface area contributed by atoms with E-state index in [4.69, 9.17) is 23.5 Å². The van der Waals surface area contributed by atoms with Crippen LogP contribution in [0.5, 0.6) is 11.8 Å². The van der Waals surface area contributed by atoms with Crippen LogP contribution < -0.4 is 14.8 Å². The Morgan fingerprint density at radius 1 is 1.19 bits per heavy atom. The van der Waals surface area contributed by atoms with Crippen LogP contribution in [0.25, 0.3) is 0 Å². The van der Waals surface area contributed by atoms with Crippen LogP contribution in [0.1, 0.15) is 23.4 Å². The third kappa shape index (κ3) is 4.23. The molecular weight excluding hydrogens is 340 g/mol. The van der Waals surface area contributed by atoms with Gasteiger partial charge in [-0.05, 0) is 20.3 Å².